The van der Waals surface area contributed by atoms with E-state index in [1.54, 1.807) is 11.9 Å². The molecular formula is C21H28N2O4. The molecule has 0 aromatic carbocycles. The average Bonchev–Trinajstić information content (AvgIpc) is 3.12. The van der Waals surface area contributed by atoms with Crippen molar-refractivity contribution in [2.45, 2.75) is 57.9 Å². The fourth-order valence-electron chi connectivity index (χ4n) is 4.57. The van der Waals surface area contributed by atoms with Gasteiger partial charge in [-0.05, 0) is 37.3 Å². The van der Waals surface area contributed by atoms with Crippen molar-refractivity contribution in [3.05, 3.63) is 23.7 Å². The molecule has 27 heavy (non-hydrogen) atoms. The molecule has 0 bridgehead atoms. The number of imide groups is 1. The Labute approximate surface area is 159 Å². The fraction of sp³-hybridized carbons (Fsp3) is 0.667. The smallest absolute Gasteiger partial charge is 0.233 e. The van der Waals surface area contributed by atoms with Gasteiger partial charge in [0.05, 0.1) is 18.4 Å². The Balaban J connectivity index is 1.29. The van der Waals surface area contributed by atoms with E-state index in [9.17, 15) is 14.4 Å². The summed E-state index contributed by atoms with van der Waals surface area (Å²) in [6, 6.07) is 3.94. The van der Waals surface area contributed by atoms with Crippen LogP contribution >= 0.6 is 0 Å². The zero-order valence-electron chi connectivity index (χ0n) is 16.1. The molecule has 0 radical (unpaired) electrons. The SMILES string of the molecule is C[C@H]1C[C@@H]1c1ccc(CN(C)C(=O)CCN2C(=O)[C@H]3CCCC[C@H]3C2=O)o1. The number of fused-ring (bicyclic) bond motifs is 1. The van der Waals surface area contributed by atoms with E-state index in [0.717, 1.165) is 37.2 Å². The van der Waals surface area contributed by atoms with Gasteiger partial charge in [0.2, 0.25) is 17.7 Å². The van der Waals surface area contributed by atoms with Crippen molar-refractivity contribution < 1.29 is 18.8 Å². The van der Waals surface area contributed by atoms with Crippen molar-refractivity contribution in [2.75, 3.05) is 13.6 Å². The molecule has 3 aliphatic rings. The van der Waals surface area contributed by atoms with Crippen LogP contribution in [0.3, 0.4) is 0 Å². The molecule has 2 saturated carbocycles. The lowest BCUT2D eigenvalue weighted by molar-refractivity contribution is -0.140. The molecule has 0 unspecified atom stereocenters. The monoisotopic (exact) mass is 372 g/mol. The van der Waals surface area contributed by atoms with Crippen molar-refractivity contribution in [3.8, 4) is 0 Å². The average molecular weight is 372 g/mol. The molecule has 6 nitrogen and oxygen atoms in total. The molecule has 1 aromatic heterocycles. The van der Waals surface area contributed by atoms with E-state index in [2.05, 4.69) is 6.92 Å². The Morgan fingerprint density at radius 1 is 1.15 bits per heavy atom. The number of carbonyl (C=O) groups is 3. The Hall–Kier alpha value is -2.11. The molecule has 0 spiro atoms. The van der Waals surface area contributed by atoms with Crippen molar-refractivity contribution in [2.24, 2.45) is 17.8 Å². The molecule has 1 aliphatic heterocycles. The van der Waals surface area contributed by atoms with Gasteiger partial charge in [-0.2, -0.15) is 0 Å². The quantitative estimate of drug-likeness (QED) is 0.720. The van der Waals surface area contributed by atoms with Crippen molar-refractivity contribution >= 4 is 17.7 Å². The Morgan fingerprint density at radius 3 is 2.37 bits per heavy atom. The highest BCUT2D eigenvalue weighted by molar-refractivity contribution is 6.05. The van der Waals surface area contributed by atoms with Gasteiger partial charge in [-0.25, -0.2) is 0 Å². The third-order valence-electron chi connectivity index (χ3n) is 6.46. The second-order valence-corrected chi connectivity index (χ2v) is 8.45. The molecule has 1 aromatic rings. The maximum Gasteiger partial charge on any atom is 0.233 e. The van der Waals surface area contributed by atoms with Crippen molar-refractivity contribution in [1.82, 2.24) is 9.80 Å². The minimum absolute atomic E-state index is 0.0746. The first-order chi connectivity index (χ1) is 13.0. The van der Waals surface area contributed by atoms with Gasteiger partial charge >= 0.3 is 0 Å². The largest absolute Gasteiger partial charge is 0.464 e. The first kappa shape index (κ1) is 18.3. The van der Waals surface area contributed by atoms with Crippen LogP contribution in [0.25, 0.3) is 0 Å². The summed E-state index contributed by atoms with van der Waals surface area (Å²) < 4.78 is 5.86. The molecule has 4 atom stereocenters. The van der Waals surface area contributed by atoms with Gasteiger partial charge in [0, 0.05) is 25.9 Å². The van der Waals surface area contributed by atoms with E-state index in [4.69, 9.17) is 4.42 Å². The van der Waals surface area contributed by atoms with E-state index < -0.39 is 0 Å². The van der Waals surface area contributed by atoms with Crippen LogP contribution in [-0.2, 0) is 20.9 Å². The summed E-state index contributed by atoms with van der Waals surface area (Å²) in [6.45, 7) is 2.81. The maximum atomic E-state index is 12.5. The summed E-state index contributed by atoms with van der Waals surface area (Å²) in [4.78, 5) is 40.4. The number of hydrogen-bond acceptors (Lipinski definition) is 4. The van der Waals surface area contributed by atoms with Crippen LogP contribution in [0.15, 0.2) is 16.5 Å². The highest BCUT2D eigenvalue weighted by Gasteiger charge is 2.47. The number of amides is 3. The highest BCUT2D eigenvalue weighted by Crippen LogP contribution is 2.47. The zero-order chi connectivity index (χ0) is 19.1. The van der Waals surface area contributed by atoms with Gasteiger partial charge in [-0.15, -0.1) is 0 Å². The lowest BCUT2D eigenvalue weighted by Gasteiger charge is -2.19. The number of furan rings is 1. The topological polar surface area (TPSA) is 70.8 Å². The standard InChI is InChI=1S/C21H28N2O4/c1-13-11-17(13)18-8-7-14(27-18)12-22(2)19(24)9-10-23-20(25)15-5-3-4-6-16(15)21(23)26/h7-8,13,15-17H,3-6,9-12H2,1-2H3/t13-,15-,16+,17-/m0/s1. The first-order valence-corrected chi connectivity index (χ1v) is 10.1. The number of hydrogen-bond donors (Lipinski definition) is 0. The molecular weight excluding hydrogens is 344 g/mol. The second kappa shape index (κ2) is 7.13. The zero-order valence-corrected chi connectivity index (χ0v) is 16.1. The molecule has 2 aliphatic carbocycles. The molecule has 4 rings (SSSR count). The number of nitrogens with zero attached hydrogens (tertiary/aromatic N) is 2. The number of likely N-dealkylation sites (tertiary alicyclic amines) is 1. The predicted molar refractivity (Wildman–Crippen MR) is 98.5 cm³/mol. The van der Waals surface area contributed by atoms with E-state index in [1.807, 2.05) is 12.1 Å². The first-order valence-electron chi connectivity index (χ1n) is 10.1. The summed E-state index contributed by atoms with van der Waals surface area (Å²) in [5.74, 6) is 2.47. The molecule has 3 amide bonds. The van der Waals surface area contributed by atoms with E-state index in [0.29, 0.717) is 18.4 Å². The van der Waals surface area contributed by atoms with Crippen LogP contribution in [0.2, 0.25) is 0 Å². The van der Waals surface area contributed by atoms with Crippen LogP contribution < -0.4 is 0 Å². The van der Waals surface area contributed by atoms with Gasteiger partial charge < -0.3 is 9.32 Å². The van der Waals surface area contributed by atoms with Gasteiger partial charge in [-0.3, -0.25) is 19.3 Å². The van der Waals surface area contributed by atoms with Gasteiger partial charge in [0.1, 0.15) is 11.5 Å². The summed E-state index contributed by atoms with van der Waals surface area (Å²) in [7, 11) is 1.73. The summed E-state index contributed by atoms with van der Waals surface area (Å²) in [5, 5.41) is 0. The van der Waals surface area contributed by atoms with Crippen molar-refractivity contribution in [3.63, 3.8) is 0 Å². The van der Waals surface area contributed by atoms with E-state index in [-0.39, 0.29) is 42.5 Å². The van der Waals surface area contributed by atoms with Crippen LogP contribution in [0.4, 0.5) is 0 Å². The van der Waals surface area contributed by atoms with Gasteiger partial charge in [0.15, 0.2) is 0 Å². The lowest BCUT2D eigenvalue weighted by Crippen LogP contribution is -2.36. The molecule has 2 heterocycles. The molecule has 146 valence electrons. The van der Waals surface area contributed by atoms with Crippen LogP contribution in [0.5, 0.6) is 0 Å². The second-order valence-electron chi connectivity index (χ2n) is 8.45. The van der Waals surface area contributed by atoms with Gasteiger partial charge in [-0.1, -0.05) is 19.8 Å². The maximum absolute atomic E-state index is 12.5. The van der Waals surface area contributed by atoms with Crippen LogP contribution in [-0.4, -0.2) is 41.1 Å². The van der Waals surface area contributed by atoms with E-state index >= 15 is 0 Å². The molecule has 0 N–H and O–H groups in total. The Bertz CT molecular complexity index is 731. The normalized spacial score (nSPS) is 29.8. The summed E-state index contributed by atoms with van der Waals surface area (Å²) in [6.07, 6.45) is 4.98. The van der Waals surface area contributed by atoms with E-state index in [1.165, 1.54) is 11.3 Å². The molecule has 1 saturated heterocycles. The highest BCUT2D eigenvalue weighted by atomic mass is 16.3. The van der Waals surface area contributed by atoms with Crippen LogP contribution in [0.1, 0.15) is 62.9 Å². The summed E-state index contributed by atoms with van der Waals surface area (Å²) >= 11 is 0. The molecule has 6 heteroatoms. The van der Waals surface area contributed by atoms with Crippen molar-refractivity contribution in [1.29, 1.82) is 0 Å². The Kier molecular flexibility index (Phi) is 4.82. The minimum Gasteiger partial charge on any atom is -0.464 e. The number of carbonyl (C=O) groups excluding carboxylic acids is 3. The Morgan fingerprint density at radius 2 is 1.78 bits per heavy atom. The van der Waals surface area contributed by atoms with Crippen LogP contribution in [0, 0.1) is 17.8 Å². The van der Waals surface area contributed by atoms with Gasteiger partial charge in [0.25, 0.3) is 0 Å². The lowest BCUT2D eigenvalue weighted by atomic mass is 9.81. The predicted octanol–water partition coefficient (Wildman–Crippen LogP) is 2.93. The number of rotatable bonds is 6. The minimum atomic E-state index is -0.148. The third kappa shape index (κ3) is 3.54. The third-order valence-corrected chi connectivity index (χ3v) is 6.46. The molecule has 3 fully saturated rings. The fourth-order valence-corrected chi connectivity index (χ4v) is 4.57. The summed E-state index contributed by atoms with van der Waals surface area (Å²) in [5.41, 5.74) is 0.